The Morgan fingerprint density at radius 2 is 1.53 bits per heavy atom. The van der Waals surface area contributed by atoms with E-state index in [0.717, 1.165) is 45.3 Å². The molecular weight excluding hydrogens is 459 g/mol. The lowest BCUT2D eigenvalue weighted by Gasteiger charge is -2.27. The number of benzene rings is 2. The van der Waals surface area contributed by atoms with Crippen LogP contribution >= 0.6 is 0 Å². The molecule has 2 aromatic rings. The van der Waals surface area contributed by atoms with Crippen molar-refractivity contribution in [2.24, 2.45) is 0 Å². The van der Waals surface area contributed by atoms with Crippen molar-refractivity contribution in [3.8, 4) is 5.75 Å². The summed E-state index contributed by atoms with van der Waals surface area (Å²) in [4.78, 5) is 30.2. The van der Waals surface area contributed by atoms with Crippen LogP contribution < -0.4 is 4.74 Å². The van der Waals surface area contributed by atoms with Crippen molar-refractivity contribution in [3.63, 3.8) is 0 Å². The first-order valence-electron chi connectivity index (χ1n) is 12.8. The lowest BCUT2D eigenvalue weighted by atomic mass is 9.95. The van der Waals surface area contributed by atoms with Gasteiger partial charge in [-0.1, -0.05) is 38.8 Å². The molecule has 1 atom stereocenters. The molecule has 1 N–H and O–H groups in total. The molecule has 1 heterocycles. The van der Waals surface area contributed by atoms with Crippen LogP contribution in [0, 0.1) is 5.82 Å². The average Bonchev–Trinajstić information content (AvgIpc) is 3.15. The lowest BCUT2D eigenvalue weighted by Crippen LogP contribution is -2.34. The third-order valence-corrected chi connectivity index (χ3v) is 6.62. The summed E-state index contributed by atoms with van der Waals surface area (Å²) in [6.45, 7) is 7.53. The third kappa shape index (κ3) is 6.52. The van der Waals surface area contributed by atoms with Gasteiger partial charge in [-0.05, 0) is 80.9 Å². The summed E-state index contributed by atoms with van der Waals surface area (Å²) in [6, 6.07) is 11.6. The normalized spacial score (nSPS) is 17.2. The fraction of sp³-hybridized carbons (Fsp3) is 0.448. The fourth-order valence-corrected chi connectivity index (χ4v) is 4.57. The number of aliphatic hydroxyl groups excluding tert-OH is 1. The van der Waals surface area contributed by atoms with Crippen LogP contribution in [-0.4, -0.2) is 59.9 Å². The number of likely N-dealkylation sites (tertiary alicyclic amines) is 1. The van der Waals surface area contributed by atoms with E-state index in [1.807, 2.05) is 0 Å². The quantitative estimate of drug-likeness (QED) is 0.224. The lowest BCUT2D eigenvalue weighted by molar-refractivity contribution is -0.140. The summed E-state index contributed by atoms with van der Waals surface area (Å²) >= 11 is 0. The number of aliphatic hydroxyl groups is 1. The second-order valence-corrected chi connectivity index (χ2v) is 9.17. The Labute approximate surface area is 213 Å². The second kappa shape index (κ2) is 13.2. The van der Waals surface area contributed by atoms with E-state index in [1.165, 1.54) is 17.0 Å². The molecule has 1 aliphatic heterocycles. The zero-order valence-electron chi connectivity index (χ0n) is 21.5. The number of nitrogens with zero attached hydrogens (tertiary/aromatic N) is 2. The number of ketones is 1. The molecule has 2 aromatic carbocycles. The summed E-state index contributed by atoms with van der Waals surface area (Å²) in [7, 11) is 1.54. The van der Waals surface area contributed by atoms with Crippen LogP contribution in [0.3, 0.4) is 0 Å². The van der Waals surface area contributed by atoms with E-state index in [1.54, 1.807) is 43.5 Å². The highest BCUT2D eigenvalue weighted by Crippen LogP contribution is 2.39. The van der Waals surface area contributed by atoms with E-state index in [4.69, 9.17) is 4.74 Å². The highest BCUT2D eigenvalue weighted by molar-refractivity contribution is 6.46. The van der Waals surface area contributed by atoms with E-state index >= 15 is 0 Å². The first-order valence-corrected chi connectivity index (χ1v) is 12.8. The molecule has 0 aromatic heterocycles. The van der Waals surface area contributed by atoms with Gasteiger partial charge in [0.15, 0.2) is 0 Å². The van der Waals surface area contributed by atoms with Gasteiger partial charge in [-0.25, -0.2) is 4.39 Å². The zero-order valence-corrected chi connectivity index (χ0v) is 21.5. The molecule has 1 fully saturated rings. The fourth-order valence-electron chi connectivity index (χ4n) is 4.57. The number of hydrogen-bond donors (Lipinski definition) is 1. The highest BCUT2D eigenvalue weighted by Gasteiger charge is 2.45. The Hall–Kier alpha value is -3.19. The highest BCUT2D eigenvalue weighted by atomic mass is 19.1. The number of unbranched alkanes of at least 4 members (excludes halogenated alkanes) is 2. The molecule has 0 bridgehead atoms. The van der Waals surface area contributed by atoms with Crippen molar-refractivity contribution in [2.45, 2.75) is 52.0 Å². The van der Waals surface area contributed by atoms with Gasteiger partial charge in [-0.2, -0.15) is 0 Å². The number of amides is 1. The van der Waals surface area contributed by atoms with E-state index in [9.17, 15) is 19.1 Å². The molecule has 0 aliphatic carbocycles. The maximum atomic E-state index is 13.7. The largest absolute Gasteiger partial charge is 0.507 e. The van der Waals surface area contributed by atoms with Gasteiger partial charge in [-0.15, -0.1) is 0 Å². The maximum Gasteiger partial charge on any atom is 0.295 e. The Balaban J connectivity index is 1.90. The molecule has 7 heteroatoms. The Bertz CT molecular complexity index is 1040. The molecule has 0 saturated carbocycles. The molecule has 6 nitrogen and oxygen atoms in total. The molecule has 0 radical (unpaired) electrons. The first-order chi connectivity index (χ1) is 17.4. The standard InChI is InChI=1S/C29H37FN2O4/c1-4-6-17-31(18-7-5-2)19-8-20-32-26(21-9-13-23(30)14-10-21)25(28(34)29(32)35)27(33)22-11-15-24(36-3)16-12-22/h9-16,26,33H,4-8,17-20H2,1-3H3/t26-/m0/s1. The first kappa shape index (κ1) is 27.4. The molecule has 0 spiro atoms. The number of rotatable bonds is 13. The van der Waals surface area contributed by atoms with Gasteiger partial charge in [0.2, 0.25) is 0 Å². The van der Waals surface area contributed by atoms with Crippen molar-refractivity contribution in [1.29, 1.82) is 0 Å². The minimum absolute atomic E-state index is 0.0191. The Morgan fingerprint density at radius 3 is 2.08 bits per heavy atom. The summed E-state index contributed by atoms with van der Waals surface area (Å²) in [5.41, 5.74) is 1.01. The van der Waals surface area contributed by atoms with Crippen molar-refractivity contribution >= 4 is 17.4 Å². The average molecular weight is 497 g/mol. The molecule has 3 rings (SSSR count). The second-order valence-electron chi connectivity index (χ2n) is 9.17. The number of hydrogen-bond acceptors (Lipinski definition) is 5. The molecular formula is C29H37FN2O4. The van der Waals surface area contributed by atoms with Crippen LogP contribution in [0.5, 0.6) is 5.75 Å². The van der Waals surface area contributed by atoms with Gasteiger partial charge >= 0.3 is 0 Å². The maximum absolute atomic E-state index is 13.7. The summed E-state index contributed by atoms with van der Waals surface area (Å²) < 4.78 is 18.9. The molecule has 194 valence electrons. The van der Waals surface area contributed by atoms with Gasteiger partial charge in [0.25, 0.3) is 11.7 Å². The number of Topliss-reactive ketones (excluding diaryl/α,β-unsaturated/α-hetero) is 1. The van der Waals surface area contributed by atoms with Crippen LogP contribution in [0.25, 0.3) is 5.76 Å². The van der Waals surface area contributed by atoms with Crippen LogP contribution in [0.15, 0.2) is 54.1 Å². The predicted octanol–water partition coefficient (Wildman–Crippen LogP) is 5.55. The van der Waals surface area contributed by atoms with Gasteiger partial charge in [-0.3, -0.25) is 9.59 Å². The number of carbonyl (C=O) groups is 2. The van der Waals surface area contributed by atoms with Gasteiger partial charge in [0, 0.05) is 12.1 Å². The third-order valence-electron chi connectivity index (χ3n) is 6.62. The van der Waals surface area contributed by atoms with Gasteiger partial charge < -0.3 is 19.6 Å². The number of carbonyl (C=O) groups excluding carboxylic acids is 2. The summed E-state index contributed by atoms with van der Waals surface area (Å²) in [5.74, 6) is -1.43. The SMILES string of the molecule is CCCCN(CCCC)CCCN1C(=O)C(=O)C(=C(O)c2ccc(OC)cc2)[C@@H]1c1ccc(F)cc1. The van der Waals surface area contributed by atoms with Crippen molar-refractivity contribution in [3.05, 3.63) is 71.0 Å². The Kier molecular flexibility index (Phi) is 10.1. The molecule has 36 heavy (non-hydrogen) atoms. The Morgan fingerprint density at radius 1 is 0.944 bits per heavy atom. The van der Waals surface area contributed by atoms with E-state index in [-0.39, 0.29) is 11.3 Å². The van der Waals surface area contributed by atoms with Crippen LogP contribution in [0.2, 0.25) is 0 Å². The van der Waals surface area contributed by atoms with Gasteiger partial charge in [0.1, 0.15) is 17.3 Å². The van der Waals surface area contributed by atoms with Crippen LogP contribution in [0.4, 0.5) is 4.39 Å². The molecule has 1 aliphatic rings. The van der Waals surface area contributed by atoms with Crippen LogP contribution in [-0.2, 0) is 9.59 Å². The smallest absolute Gasteiger partial charge is 0.295 e. The minimum Gasteiger partial charge on any atom is -0.507 e. The molecule has 1 amide bonds. The van der Waals surface area contributed by atoms with Crippen molar-refractivity contribution in [2.75, 3.05) is 33.3 Å². The number of ether oxygens (including phenoxy) is 1. The number of methoxy groups -OCH3 is 1. The number of halogens is 1. The van der Waals surface area contributed by atoms with Crippen molar-refractivity contribution in [1.82, 2.24) is 9.80 Å². The molecule has 0 unspecified atom stereocenters. The van der Waals surface area contributed by atoms with E-state index < -0.39 is 23.5 Å². The topological polar surface area (TPSA) is 70.1 Å². The predicted molar refractivity (Wildman–Crippen MR) is 139 cm³/mol. The monoisotopic (exact) mass is 496 g/mol. The minimum atomic E-state index is -0.785. The summed E-state index contributed by atoms with van der Waals surface area (Å²) in [6.07, 6.45) is 5.17. The summed E-state index contributed by atoms with van der Waals surface area (Å²) in [5, 5.41) is 11.1. The van der Waals surface area contributed by atoms with Crippen molar-refractivity contribution < 1.29 is 23.8 Å². The van der Waals surface area contributed by atoms with Gasteiger partial charge in [0.05, 0.1) is 18.7 Å². The van der Waals surface area contributed by atoms with Crippen LogP contribution in [0.1, 0.15) is 63.1 Å². The van der Waals surface area contributed by atoms with E-state index in [2.05, 4.69) is 18.7 Å². The van der Waals surface area contributed by atoms with E-state index in [0.29, 0.717) is 29.8 Å². The molecule has 1 saturated heterocycles. The zero-order chi connectivity index (χ0) is 26.1.